The van der Waals surface area contributed by atoms with E-state index < -0.39 is 4.92 Å². The number of hydrogen-bond donors (Lipinski definition) is 0. The van der Waals surface area contributed by atoms with Gasteiger partial charge in [-0.15, -0.1) is 0 Å². The van der Waals surface area contributed by atoms with Crippen molar-refractivity contribution in [3.05, 3.63) is 67.6 Å². The van der Waals surface area contributed by atoms with Gasteiger partial charge in [0, 0.05) is 27.2 Å². The molecule has 2 rings (SSSR count). The molecule has 0 saturated carbocycles. The molecule has 0 unspecified atom stereocenters. The van der Waals surface area contributed by atoms with Gasteiger partial charge >= 0.3 is 0 Å². The highest BCUT2D eigenvalue weighted by molar-refractivity contribution is 9.10. The van der Waals surface area contributed by atoms with Crippen LogP contribution in [0.3, 0.4) is 0 Å². The predicted octanol–water partition coefficient (Wildman–Crippen LogP) is 4.59. The first-order chi connectivity index (χ1) is 9.06. The van der Waals surface area contributed by atoms with Crippen molar-refractivity contribution in [3.63, 3.8) is 0 Å². The second kappa shape index (κ2) is 6.04. The summed E-state index contributed by atoms with van der Waals surface area (Å²) < 4.78 is 6.45. The van der Waals surface area contributed by atoms with E-state index in [4.69, 9.17) is 16.3 Å². The normalized spacial score (nSPS) is 10.2. The molecule has 0 saturated heterocycles. The molecular weight excluding hydrogens is 334 g/mol. The Morgan fingerprint density at radius 2 is 2.05 bits per heavy atom. The number of nitrogens with zero attached hydrogens (tertiary/aromatic N) is 1. The molecule has 0 radical (unpaired) electrons. The number of rotatable bonds is 4. The van der Waals surface area contributed by atoms with E-state index in [9.17, 15) is 10.1 Å². The molecule has 0 fully saturated rings. The second-order valence-corrected chi connectivity index (χ2v) is 5.10. The molecule has 6 heteroatoms. The molecule has 0 aliphatic carbocycles. The van der Waals surface area contributed by atoms with Crippen molar-refractivity contribution in [2.75, 3.05) is 0 Å². The molecule has 0 aromatic heterocycles. The molecule has 19 heavy (non-hydrogen) atoms. The van der Waals surface area contributed by atoms with Gasteiger partial charge in [-0.2, -0.15) is 0 Å². The Balaban J connectivity index is 2.15. The minimum atomic E-state index is -0.459. The van der Waals surface area contributed by atoms with E-state index in [1.165, 1.54) is 18.2 Å². The van der Waals surface area contributed by atoms with Crippen LogP contribution in [0.1, 0.15) is 5.56 Å². The quantitative estimate of drug-likeness (QED) is 0.603. The van der Waals surface area contributed by atoms with Gasteiger partial charge in [0.1, 0.15) is 12.4 Å². The zero-order chi connectivity index (χ0) is 13.8. The summed E-state index contributed by atoms with van der Waals surface area (Å²) in [7, 11) is 0. The van der Waals surface area contributed by atoms with Crippen molar-refractivity contribution in [1.82, 2.24) is 0 Å². The number of benzene rings is 2. The maximum Gasteiger partial charge on any atom is 0.269 e. The topological polar surface area (TPSA) is 52.4 Å². The van der Waals surface area contributed by atoms with Crippen LogP contribution in [0, 0.1) is 10.1 Å². The Morgan fingerprint density at radius 3 is 2.74 bits per heavy atom. The predicted molar refractivity (Wildman–Crippen MR) is 76.6 cm³/mol. The van der Waals surface area contributed by atoms with Gasteiger partial charge in [-0.05, 0) is 24.3 Å². The monoisotopic (exact) mass is 341 g/mol. The van der Waals surface area contributed by atoms with Crippen molar-refractivity contribution in [2.45, 2.75) is 6.61 Å². The lowest BCUT2D eigenvalue weighted by molar-refractivity contribution is -0.384. The zero-order valence-corrected chi connectivity index (χ0v) is 12.0. The molecule has 0 heterocycles. The fourth-order valence-electron chi connectivity index (χ4n) is 1.50. The Bertz CT molecular complexity index is 619. The Morgan fingerprint density at radius 1 is 1.26 bits per heavy atom. The average molecular weight is 343 g/mol. The van der Waals surface area contributed by atoms with Crippen LogP contribution in [0.15, 0.2) is 46.9 Å². The first-order valence-electron chi connectivity index (χ1n) is 5.37. The summed E-state index contributed by atoms with van der Waals surface area (Å²) in [4.78, 5) is 10.2. The zero-order valence-electron chi connectivity index (χ0n) is 9.68. The molecular formula is C13H9BrClNO3. The number of halogens is 2. The summed E-state index contributed by atoms with van der Waals surface area (Å²) in [5.74, 6) is 0.664. The van der Waals surface area contributed by atoms with Gasteiger partial charge in [0.25, 0.3) is 5.69 Å². The van der Waals surface area contributed by atoms with Gasteiger partial charge in [0.05, 0.1) is 4.92 Å². The van der Waals surface area contributed by atoms with Crippen LogP contribution in [-0.4, -0.2) is 4.92 Å². The van der Waals surface area contributed by atoms with Crippen molar-refractivity contribution in [2.24, 2.45) is 0 Å². The molecule has 0 bridgehead atoms. The highest BCUT2D eigenvalue weighted by atomic mass is 79.9. The molecule has 0 atom stereocenters. The van der Waals surface area contributed by atoms with Gasteiger partial charge in [0.2, 0.25) is 0 Å². The largest absolute Gasteiger partial charge is 0.489 e. The molecule has 0 spiro atoms. The van der Waals surface area contributed by atoms with Crippen molar-refractivity contribution in [3.8, 4) is 5.75 Å². The van der Waals surface area contributed by atoms with E-state index in [1.54, 1.807) is 6.07 Å². The standard InChI is InChI=1S/C13H9BrClNO3/c14-10-2-1-3-12(7-10)19-8-9-6-11(16(17)18)4-5-13(9)15/h1-7H,8H2. The van der Waals surface area contributed by atoms with Crippen molar-refractivity contribution in [1.29, 1.82) is 0 Å². The fourth-order valence-corrected chi connectivity index (χ4v) is 2.05. The van der Waals surface area contributed by atoms with Crippen LogP contribution in [0.4, 0.5) is 5.69 Å². The summed E-state index contributed by atoms with van der Waals surface area (Å²) in [6.45, 7) is 0.178. The van der Waals surface area contributed by atoms with Crippen LogP contribution >= 0.6 is 27.5 Å². The highest BCUT2D eigenvalue weighted by Gasteiger charge is 2.10. The molecule has 0 amide bonds. The minimum Gasteiger partial charge on any atom is -0.489 e. The molecule has 0 aliphatic rings. The lowest BCUT2D eigenvalue weighted by Crippen LogP contribution is -1.98. The van der Waals surface area contributed by atoms with E-state index >= 15 is 0 Å². The van der Waals surface area contributed by atoms with E-state index in [1.807, 2.05) is 18.2 Å². The second-order valence-electron chi connectivity index (χ2n) is 3.78. The summed E-state index contributed by atoms with van der Waals surface area (Å²) in [6, 6.07) is 11.6. The van der Waals surface area contributed by atoms with E-state index in [2.05, 4.69) is 15.9 Å². The van der Waals surface area contributed by atoms with Gasteiger partial charge < -0.3 is 4.74 Å². The number of ether oxygens (including phenoxy) is 1. The van der Waals surface area contributed by atoms with Crippen LogP contribution in [-0.2, 0) is 6.61 Å². The van der Waals surface area contributed by atoms with Gasteiger partial charge in [-0.3, -0.25) is 10.1 Å². The Labute approximate surface area is 123 Å². The van der Waals surface area contributed by atoms with Gasteiger partial charge in [-0.1, -0.05) is 33.6 Å². The van der Waals surface area contributed by atoms with E-state index in [-0.39, 0.29) is 12.3 Å². The van der Waals surface area contributed by atoms with E-state index in [0.717, 1.165) is 4.47 Å². The summed E-state index contributed by atoms with van der Waals surface area (Å²) >= 11 is 9.32. The fraction of sp³-hybridized carbons (Fsp3) is 0.0769. The first-order valence-corrected chi connectivity index (χ1v) is 6.54. The molecule has 2 aromatic carbocycles. The Kier molecular flexibility index (Phi) is 4.39. The highest BCUT2D eigenvalue weighted by Crippen LogP contribution is 2.24. The van der Waals surface area contributed by atoms with Crippen LogP contribution < -0.4 is 4.74 Å². The molecule has 0 N–H and O–H groups in total. The maximum atomic E-state index is 10.7. The SMILES string of the molecule is O=[N+]([O-])c1ccc(Cl)c(COc2cccc(Br)c2)c1. The molecule has 2 aromatic rings. The van der Waals surface area contributed by atoms with Crippen LogP contribution in [0.2, 0.25) is 5.02 Å². The third-order valence-corrected chi connectivity index (χ3v) is 3.29. The summed E-state index contributed by atoms with van der Waals surface area (Å²) in [5, 5.41) is 11.1. The number of non-ortho nitro benzene ring substituents is 1. The third-order valence-electron chi connectivity index (χ3n) is 2.43. The van der Waals surface area contributed by atoms with Crippen molar-refractivity contribution >= 4 is 33.2 Å². The maximum absolute atomic E-state index is 10.7. The van der Waals surface area contributed by atoms with Crippen LogP contribution in [0.25, 0.3) is 0 Å². The lowest BCUT2D eigenvalue weighted by atomic mass is 10.2. The molecule has 98 valence electrons. The van der Waals surface area contributed by atoms with Crippen molar-refractivity contribution < 1.29 is 9.66 Å². The average Bonchev–Trinajstić information content (AvgIpc) is 2.37. The van der Waals surface area contributed by atoms with Gasteiger partial charge in [-0.25, -0.2) is 0 Å². The number of hydrogen-bond acceptors (Lipinski definition) is 3. The summed E-state index contributed by atoms with van der Waals surface area (Å²) in [6.07, 6.45) is 0. The van der Waals surface area contributed by atoms with E-state index in [0.29, 0.717) is 16.3 Å². The molecule has 0 aliphatic heterocycles. The number of nitro groups is 1. The molecule has 4 nitrogen and oxygen atoms in total. The summed E-state index contributed by atoms with van der Waals surface area (Å²) in [5.41, 5.74) is 0.577. The number of nitro benzene ring substituents is 1. The smallest absolute Gasteiger partial charge is 0.269 e. The first kappa shape index (κ1) is 13.8. The third kappa shape index (κ3) is 3.68. The minimum absolute atomic E-state index is 0.00255. The van der Waals surface area contributed by atoms with Gasteiger partial charge in [0.15, 0.2) is 0 Å². The lowest BCUT2D eigenvalue weighted by Gasteiger charge is -2.08. The van der Waals surface area contributed by atoms with Crippen LogP contribution in [0.5, 0.6) is 5.75 Å². The Hall–Kier alpha value is -1.59.